The molecule has 0 unspecified atom stereocenters. The van der Waals surface area contributed by atoms with Crippen molar-refractivity contribution in [2.75, 3.05) is 39.6 Å². The Balaban J connectivity index is 0.0000113. The molecule has 49 heavy (non-hydrogen) atoms. The molecule has 0 aromatic rings. The molecule has 10 heteroatoms. The zero-order chi connectivity index (χ0) is 37.8. The van der Waals surface area contributed by atoms with E-state index >= 15 is 0 Å². The fourth-order valence-corrected chi connectivity index (χ4v) is 5.46. The zero-order valence-electron chi connectivity index (χ0n) is 33.5. The maximum Gasteiger partial charge on any atom is 0.223 e. The van der Waals surface area contributed by atoms with Crippen LogP contribution in [-0.4, -0.2) is 91.8 Å². The van der Waals surface area contributed by atoms with Gasteiger partial charge in [0.25, 0.3) is 0 Å². The van der Waals surface area contributed by atoms with Crippen molar-refractivity contribution < 1.29 is 42.9 Å². The fourth-order valence-electron chi connectivity index (χ4n) is 5.46. The Morgan fingerprint density at radius 3 is 1.31 bits per heavy atom. The first-order valence-electron chi connectivity index (χ1n) is 18.8. The van der Waals surface area contributed by atoms with Crippen LogP contribution in [0.4, 0.5) is 0 Å². The molecule has 0 spiro atoms. The Bertz CT molecular complexity index is 898. The first-order valence-corrected chi connectivity index (χ1v) is 18.8. The summed E-state index contributed by atoms with van der Waals surface area (Å²) in [6.45, 7) is 25.9. The molecule has 0 radical (unpaired) electrons. The summed E-state index contributed by atoms with van der Waals surface area (Å²) in [4.78, 5) is 50.3. The molecule has 1 amide bonds. The molecule has 1 N–H and O–H groups in total. The van der Waals surface area contributed by atoms with Gasteiger partial charge in [0, 0.05) is 49.9 Å². The van der Waals surface area contributed by atoms with Crippen molar-refractivity contribution in [2.45, 2.75) is 170 Å². The minimum atomic E-state index is -1.12. The first kappa shape index (κ1) is 47.3. The normalized spacial score (nSPS) is 16.7. The molecule has 1 saturated carbocycles. The predicted molar refractivity (Wildman–Crippen MR) is 195 cm³/mol. The molecule has 0 saturated heterocycles. The molecule has 0 bridgehead atoms. The van der Waals surface area contributed by atoms with Gasteiger partial charge < -0.3 is 29.0 Å². The van der Waals surface area contributed by atoms with E-state index in [2.05, 4.69) is 26.1 Å². The molecule has 1 rings (SSSR count). The average Bonchev–Trinajstić information content (AvgIpc) is 2.98. The Kier molecular flexibility index (Phi) is 22.9. The van der Waals surface area contributed by atoms with Crippen LogP contribution in [0.25, 0.3) is 0 Å². The van der Waals surface area contributed by atoms with E-state index in [1.807, 2.05) is 69.2 Å². The van der Waals surface area contributed by atoms with Crippen molar-refractivity contribution in [1.82, 2.24) is 5.32 Å². The Morgan fingerprint density at radius 2 is 0.980 bits per heavy atom. The highest BCUT2D eigenvalue weighted by Gasteiger charge is 2.40. The number of hydrogen-bond acceptors (Lipinski definition) is 9. The number of carbonyl (C=O) groups is 4. The molecular formula is C39H73NO9. The minimum Gasteiger partial charge on any atom is -0.378 e. The second kappa shape index (κ2) is 23.7. The van der Waals surface area contributed by atoms with Gasteiger partial charge in [-0.25, -0.2) is 0 Å². The quantitative estimate of drug-likeness (QED) is 0.0896. The lowest BCUT2D eigenvalue weighted by atomic mass is 9.89. The Hall–Kier alpha value is -1.72. The van der Waals surface area contributed by atoms with Crippen LogP contribution in [0.2, 0.25) is 0 Å². The molecule has 288 valence electrons. The number of nitrogens with one attached hydrogen (secondary N) is 1. The summed E-state index contributed by atoms with van der Waals surface area (Å²) < 4.78 is 30.5. The van der Waals surface area contributed by atoms with E-state index in [1.54, 1.807) is 0 Å². The van der Waals surface area contributed by atoms with Crippen LogP contribution < -0.4 is 5.32 Å². The highest BCUT2D eigenvalue weighted by atomic mass is 16.5. The third-order valence-corrected chi connectivity index (χ3v) is 8.41. The number of ether oxygens (including phenoxy) is 5. The average molecular weight is 700 g/mol. The molecule has 0 aromatic heterocycles. The van der Waals surface area contributed by atoms with Gasteiger partial charge in [0.15, 0.2) is 0 Å². The van der Waals surface area contributed by atoms with Crippen molar-refractivity contribution in [3.8, 4) is 0 Å². The summed E-state index contributed by atoms with van der Waals surface area (Å²) in [5.41, 5.74) is -2.03. The molecule has 0 atom stereocenters. The SMILES string of the molecule is CC.CCCC(C)(C)OC1CC(OC(C)(C)CC(=O)NC(COCCC(=O)C(C)C)(COCCC(=O)C(C)C)COCCC(=O)C(C)C)C1. The highest BCUT2D eigenvalue weighted by Crippen LogP contribution is 2.35. The summed E-state index contributed by atoms with van der Waals surface area (Å²) in [6, 6.07) is 0. The summed E-state index contributed by atoms with van der Waals surface area (Å²) >= 11 is 0. The monoisotopic (exact) mass is 700 g/mol. The standard InChI is InChI=1S/C37H67NO9.C2H6/c1-12-16-35(8,9)46-29-20-30(21-29)47-36(10,11)22-34(42)38-37(23-43-17-13-31(39)26(2)3,24-44-18-14-32(40)27(4)5)25-45-19-15-33(41)28(6)7;1-2/h26-30H,12-25H2,1-11H3,(H,38,42);1-2H3. The van der Waals surface area contributed by atoms with Gasteiger partial charge in [0.2, 0.25) is 5.91 Å². The van der Waals surface area contributed by atoms with Gasteiger partial charge in [0.1, 0.15) is 22.9 Å². The summed E-state index contributed by atoms with van der Waals surface area (Å²) in [5.74, 6) is -0.316. The van der Waals surface area contributed by atoms with Gasteiger partial charge in [-0.1, -0.05) is 68.7 Å². The van der Waals surface area contributed by atoms with Crippen LogP contribution >= 0.6 is 0 Å². The van der Waals surface area contributed by atoms with Gasteiger partial charge in [-0.05, 0) is 34.1 Å². The van der Waals surface area contributed by atoms with E-state index in [4.69, 9.17) is 23.7 Å². The van der Waals surface area contributed by atoms with Crippen LogP contribution in [0.5, 0.6) is 0 Å². The topological polar surface area (TPSA) is 126 Å². The maximum absolute atomic E-state index is 13.6. The van der Waals surface area contributed by atoms with Crippen LogP contribution in [-0.2, 0) is 42.9 Å². The molecule has 0 heterocycles. The van der Waals surface area contributed by atoms with Crippen molar-refractivity contribution in [3.05, 3.63) is 0 Å². The highest BCUT2D eigenvalue weighted by molar-refractivity contribution is 5.81. The number of hydrogen-bond donors (Lipinski definition) is 1. The van der Waals surface area contributed by atoms with E-state index < -0.39 is 11.1 Å². The lowest BCUT2D eigenvalue weighted by Crippen LogP contribution is -2.59. The Labute approximate surface area is 298 Å². The fraction of sp³-hybridized carbons (Fsp3) is 0.897. The molecule has 10 nitrogen and oxygen atoms in total. The Morgan fingerprint density at radius 1 is 0.633 bits per heavy atom. The van der Waals surface area contributed by atoms with E-state index in [9.17, 15) is 19.2 Å². The van der Waals surface area contributed by atoms with Crippen LogP contribution in [0, 0.1) is 17.8 Å². The van der Waals surface area contributed by atoms with Crippen molar-refractivity contribution in [2.24, 2.45) is 17.8 Å². The van der Waals surface area contributed by atoms with Crippen molar-refractivity contribution >= 4 is 23.3 Å². The number of carbonyl (C=O) groups excluding carboxylic acids is 4. The van der Waals surface area contributed by atoms with E-state index in [1.165, 1.54) is 0 Å². The number of Topliss-reactive ketones (excluding diaryl/α,β-unsaturated/α-hetero) is 3. The van der Waals surface area contributed by atoms with Crippen molar-refractivity contribution in [3.63, 3.8) is 0 Å². The van der Waals surface area contributed by atoms with Gasteiger partial charge in [0.05, 0.1) is 69.5 Å². The summed E-state index contributed by atoms with van der Waals surface area (Å²) in [5, 5.41) is 3.11. The van der Waals surface area contributed by atoms with E-state index in [0.29, 0.717) is 0 Å². The van der Waals surface area contributed by atoms with Crippen LogP contribution in [0.15, 0.2) is 0 Å². The molecular weight excluding hydrogens is 626 g/mol. The second-order valence-electron chi connectivity index (χ2n) is 15.5. The minimum absolute atomic E-state index is 0.00969. The van der Waals surface area contributed by atoms with Crippen LogP contribution in [0.3, 0.4) is 0 Å². The molecule has 0 aromatic carbocycles. The van der Waals surface area contributed by atoms with Crippen molar-refractivity contribution in [1.29, 1.82) is 0 Å². The van der Waals surface area contributed by atoms with E-state index in [-0.39, 0.29) is 124 Å². The molecule has 1 aliphatic rings. The number of ketones is 3. The third-order valence-electron chi connectivity index (χ3n) is 8.41. The second-order valence-corrected chi connectivity index (χ2v) is 15.5. The number of rotatable bonds is 27. The largest absolute Gasteiger partial charge is 0.378 e. The molecule has 0 aliphatic heterocycles. The maximum atomic E-state index is 13.6. The van der Waals surface area contributed by atoms with E-state index in [0.717, 1.165) is 25.7 Å². The first-order chi connectivity index (χ1) is 22.8. The van der Waals surface area contributed by atoms with Gasteiger partial charge in [-0.3, -0.25) is 19.2 Å². The van der Waals surface area contributed by atoms with Gasteiger partial charge >= 0.3 is 0 Å². The van der Waals surface area contributed by atoms with Gasteiger partial charge in [-0.15, -0.1) is 0 Å². The predicted octanol–water partition coefficient (Wildman–Crippen LogP) is 7.07. The van der Waals surface area contributed by atoms with Gasteiger partial charge in [-0.2, -0.15) is 0 Å². The molecule has 1 fully saturated rings. The number of amides is 1. The smallest absolute Gasteiger partial charge is 0.223 e. The zero-order valence-corrected chi connectivity index (χ0v) is 33.5. The van der Waals surface area contributed by atoms with Crippen LogP contribution in [0.1, 0.15) is 141 Å². The third kappa shape index (κ3) is 20.7. The summed E-state index contributed by atoms with van der Waals surface area (Å²) in [6.07, 6.45) is 4.62. The lowest BCUT2D eigenvalue weighted by Gasteiger charge is -2.43. The summed E-state index contributed by atoms with van der Waals surface area (Å²) in [7, 11) is 0. The molecule has 1 aliphatic carbocycles. The lowest BCUT2D eigenvalue weighted by molar-refractivity contribution is -0.188.